The van der Waals surface area contributed by atoms with Crippen molar-refractivity contribution in [2.45, 2.75) is 41.5 Å². The third kappa shape index (κ3) is 9.81. The molecule has 0 heterocycles. The van der Waals surface area contributed by atoms with Crippen LogP contribution in [0.2, 0.25) is 0 Å². The van der Waals surface area contributed by atoms with Gasteiger partial charge in [-0.2, -0.15) is 0 Å². The molecule has 0 amide bonds. The average Bonchev–Trinajstić information content (AvgIpc) is 3.29. The molecule has 0 aromatic heterocycles. The normalized spacial score (nSPS) is 11.3. The van der Waals surface area contributed by atoms with Crippen LogP contribution in [0.1, 0.15) is 57.0 Å². The molecule has 306 valence electrons. The summed E-state index contributed by atoms with van der Waals surface area (Å²) in [5.74, 6) is 0.892. The molecule has 0 N–H and O–H groups in total. The predicted molar refractivity (Wildman–Crippen MR) is 267 cm³/mol. The highest BCUT2D eigenvalue weighted by atomic mass is 16.5. The van der Waals surface area contributed by atoms with Gasteiger partial charge in [0, 0.05) is 34.1 Å². The van der Waals surface area contributed by atoms with Crippen LogP contribution in [-0.2, 0) is 0 Å². The summed E-state index contributed by atoms with van der Waals surface area (Å²) < 4.78 is 5.62. The maximum atomic E-state index is 5.62. The second-order valence-corrected chi connectivity index (χ2v) is 16.1. The first-order valence-electron chi connectivity index (χ1n) is 21.5. The minimum Gasteiger partial charge on any atom is -0.494 e. The zero-order chi connectivity index (χ0) is 43.0. The largest absolute Gasteiger partial charge is 0.494 e. The van der Waals surface area contributed by atoms with E-state index < -0.39 is 0 Å². The summed E-state index contributed by atoms with van der Waals surface area (Å²) in [6.45, 7) is 13.4. The van der Waals surface area contributed by atoms with Crippen LogP contribution < -0.4 is 14.5 Å². The van der Waals surface area contributed by atoms with Crippen LogP contribution in [0.4, 0.5) is 34.1 Å². The lowest BCUT2D eigenvalue weighted by molar-refractivity contribution is 0.340. The van der Waals surface area contributed by atoms with Crippen molar-refractivity contribution in [2.75, 3.05) is 16.4 Å². The molecule has 3 nitrogen and oxygen atoms in total. The van der Waals surface area contributed by atoms with Crippen LogP contribution in [0.15, 0.2) is 182 Å². The van der Waals surface area contributed by atoms with E-state index in [9.17, 15) is 0 Å². The molecule has 0 aliphatic carbocycles. The van der Waals surface area contributed by atoms with Gasteiger partial charge in [-0.05, 0) is 171 Å². The van der Waals surface area contributed by atoms with Gasteiger partial charge in [0.05, 0.1) is 6.61 Å². The molecule has 3 heteroatoms. The van der Waals surface area contributed by atoms with Crippen LogP contribution in [0.3, 0.4) is 0 Å². The van der Waals surface area contributed by atoms with Gasteiger partial charge in [-0.15, -0.1) is 0 Å². The smallest absolute Gasteiger partial charge is 0.119 e. The second kappa shape index (κ2) is 18.9. The van der Waals surface area contributed by atoms with Gasteiger partial charge in [-0.25, -0.2) is 0 Å². The maximum absolute atomic E-state index is 5.62. The van der Waals surface area contributed by atoms with Crippen molar-refractivity contribution in [3.63, 3.8) is 0 Å². The molecule has 0 spiro atoms. The van der Waals surface area contributed by atoms with E-state index in [0.29, 0.717) is 6.61 Å². The highest BCUT2D eigenvalue weighted by Crippen LogP contribution is 2.39. The van der Waals surface area contributed by atoms with Gasteiger partial charge in [-0.3, -0.25) is 0 Å². The lowest BCUT2D eigenvalue weighted by Gasteiger charge is -2.27. The molecule has 0 saturated heterocycles. The highest BCUT2D eigenvalue weighted by molar-refractivity contribution is 5.83. The number of hydrogen-bond donors (Lipinski definition) is 0. The second-order valence-electron chi connectivity index (χ2n) is 16.1. The molecule has 0 aliphatic rings. The summed E-state index contributed by atoms with van der Waals surface area (Å²) in [5, 5.41) is 0. The van der Waals surface area contributed by atoms with Crippen LogP contribution in [0, 0.1) is 34.6 Å². The Hall–Kier alpha value is -7.36. The first-order valence-corrected chi connectivity index (χ1v) is 21.5. The number of ether oxygens (including phenoxy) is 1. The van der Waals surface area contributed by atoms with Gasteiger partial charge in [-0.1, -0.05) is 138 Å². The predicted octanol–water partition coefficient (Wildman–Crippen LogP) is 16.6. The SMILES string of the molecule is CCOc1ccc(/C=C/c2ccc(N(c3ccc(C)cc3)c3ccc(-c4ccc(N(c5ccc(C)cc5)c5ccc(/C=C/c6ccc(C)cc6)c(C)c5)cc4)cc3)cc2C)cc1. The van der Waals surface area contributed by atoms with E-state index in [2.05, 4.69) is 239 Å². The van der Waals surface area contributed by atoms with Gasteiger partial charge in [0.25, 0.3) is 0 Å². The molecule has 0 atom stereocenters. The van der Waals surface area contributed by atoms with Gasteiger partial charge in [0.15, 0.2) is 0 Å². The molecule has 62 heavy (non-hydrogen) atoms. The number of anilines is 6. The molecule has 0 saturated carbocycles. The van der Waals surface area contributed by atoms with Crippen LogP contribution in [-0.4, -0.2) is 6.61 Å². The summed E-state index contributed by atoms with van der Waals surface area (Å²) in [6.07, 6.45) is 8.74. The molecule has 0 fully saturated rings. The number of aryl methyl sites for hydroxylation is 5. The Labute approximate surface area is 368 Å². The van der Waals surface area contributed by atoms with Gasteiger partial charge in [0.2, 0.25) is 0 Å². The van der Waals surface area contributed by atoms with Crippen molar-refractivity contribution in [1.29, 1.82) is 0 Å². The summed E-state index contributed by atoms with van der Waals surface area (Å²) in [7, 11) is 0. The fraction of sp³-hybridized carbons (Fsp3) is 0.119. The first kappa shape index (κ1) is 41.4. The van der Waals surface area contributed by atoms with Gasteiger partial charge >= 0.3 is 0 Å². The third-order valence-electron chi connectivity index (χ3n) is 11.4. The van der Waals surface area contributed by atoms with Crippen molar-refractivity contribution < 1.29 is 4.74 Å². The van der Waals surface area contributed by atoms with Crippen molar-refractivity contribution in [1.82, 2.24) is 0 Å². The molecular formula is C59H54N2O. The summed E-state index contributed by atoms with van der Waals surface area (Å²) in [5.41, 5.74) is 19.9. The number of rotatable bonds is 13. The lowest BCUT2D eigenvalue weighted by atomic mass is 10.0. The fourth-order valence-corrected chi connectivity index (χ4v) is 7.75. The van der Waals surface area contributed by atoms with E-state index in [1.165, 1.54) is 50.1 Å². The summed E-state index contributed by atoms with van der Waals surface area (Å²) in [4.78, 5) is 4.68. The summed E-state index contributed by atoms with van der Waals surface area (Å²) in [6, 6.07) is 65.7. The quantitative estimate of drug-likeness (QED) is 0.108. The Morgan fingerprint density at radius 1 is 0.355 bits per heavy atom. The first-order chi connectivity index (χ1) is 30.2. The minimum atomic E-state index is 0.665. The molecule has 8 rings (SSSR count). The van der Waals surface area contributed by atoms with Gasteiger partial charge < -0.3 is 14.5 Å². The third-order valence-corrected chi connectivity index (χ3v) is 11.4. The van der Waals surface area contributed by atoms with E-state index in [4.69, 9.17) is 4.74 Å². The monoisotopic (exact) mass is 806 g/mol. The van der Waals surface area contributed by atoms with Crippen molar-refractivity contribution >= 4 is 58.4 Å². The topological polar surface area (TPSA) is 15.7 Å². The van der Waals surface area contributed by atoms with Crippen molar-refractivity contribution in [3.8, 4) is 16.9 Å². The zero-order valence-corrected chi connectivity index (χ0v) is 36.6. The number of nitrogens with zero attached hydrogens (tertiary/aromatic N) is 2. The van der Waals surface area contributed by atoms with Crippen LogP contribution in [0.25, 0.3) is 35.4 Å². The van der Waals surface area contributed by atoms with E-state index >= 15 is 0 Å². The summed E-state index contributed by atoms with van der Waals surface area (Å²) >= 11 is 0. The molecule has 0 bridgehead atoms. The molecular weight excluding hydrogens is 753 g/mol. The highest BCUT2D eigenvalue weighted by Gasteiger charge is 2.16. The molecule has 0 radical (unpaired) electrons. The van der Waals surface area contributed by atoms with Crippen LogP contribution >= 0.6 is 0 Å². The number of benzene rings is 8. The molecule has 8 aromatic carbocycles. The Morgan fingerprint density at radius 3 is 1.03 bits per heavy atom. The average molecular weight is 807 g/mol. The Balaban J connectivity index is 1.05. The zero-order valence-electron chi connectivity index (χ0n) is 36.6. The maximum Gasteiger partial charge on any atom is 0.119 e. The van der Waals surface area contributed by atoms with E-state index in [-0.39, 0.29) is 0 Å². The fourth-order valence-electron chi connectivity index (χ4n) is 7.75. The molecule has 0 unspecified atom stereocenters. The van der Waals surface area contributed by atoms with Crippen molar-refractivity contribution in [3.05, 3.63) is 232 Å². The van der Waals surface area contributed by atoms with E-state index in [1.54, 1.807) is 0 Å². The van der Waals surface area contributed by atoms with Gasteiger partial charge in [0.1, 0.15) is 5.75 Å². The lowest BCUT2D eigenvalue weighted by Crippen LogP contribution is -2.10. The van der Waals surface area contributed by atoms with Crippen molar-refractivity contribution in [2.24, 2.45) is 0 Å². The Kier molecular flexibility index (Phi) is 12.6. The standard InChI is InChI=1S/C59H54N2O/c1-7-62-59-38-18-48(19-39-59)17-21-50-23-37-58(41-46(50)6)61(54-30-12-44(4)13-31-54)56-34-26-52(27-35-56)51-24-32-55(33-25-51)60(53-28-10-43(3)11-29-53)57-36-22-49(45(5)40-57)20-16-47-14-8-42(2)9-15-47/h8-41H,7H2,1-6H3/b20-16+,21-17+. The Morgan fingerprint density at radius 2 is 0.677 bits per heavy atom. The Bertz CT molecular complexity index is 2800. The van der Waals surface area contributed by atoms with E-state index in [0.717, 1.165) is 51.0 Å². The van der Waals surface area contributed by atoms with E-state index in [1.807, 2.05) is 19.1 Å². The molecule has 8 aromatic rings. The number of hydrogen-bond acceptors (Lipinski definition) is 3. The minimum absolute atomic E-state index is 0.665. The van der Waals surface area contributed by atoms with Crippen LogP contribution in [0.5, 0.6) is 5.75 Å². The molecule has 0 aliphatic heterocycles.